The summed E-state index contributed by atoms with van der Waals surface area (Å²) in [6.07, 6.45) is -0.240. The summed E-state index contributed by atoms with van der Waals surface area (Å²) in [5.74, 6) is 0. The fraction of sp³-hybridized carbons (Fsp3) is 1.00. The second kappa shape index (κ2) is 6.14. The number of aliphatic hydroxyl groups excluding tert-OH is 1. The molecule has 2 radical (unpaired) electrons. The molecule has 0 amide bonds. The highest BCUT2D eigenvalue weighted by Gasteiger charge is 2.36. The Morgan fingerprint density at radius 1 is 1.62 bits per heavy atom. The lowest BCUT2D eigenvalue weighted by atomic mass is 9.96. The fourth-order valence-electron chi connectivity index (χ4n) is 1.41. The van der Waals surface area contributed by atoms with E-state index in [1.54, 1.807) is 6.92 Å². The van der Waals surface area contributed by atoms with E-state index in [1.165, 1.54) is 0 Å². The van der Waals surface area contributed by atoms with Crippen LogP contribution in [0.4, 0.5) is 0 Å². The third kappa shape index (κ3) is 4.53. The number of phosphoric acid groups is 1. The monoisotopic (exact) mass is 250 g/mol. The summed E-state index contributed by atoms with van der Waals surface area (Å²) in [6, 6.07) is -0.475. The zero-order valence-electron chi connectivity index (χ0n) is 9.11. The molecule has 1 aliphatic heterocycles. The molecular weight excluding hydrogens is 234 g/mol. The molecule has 1 heterocycles. The van der Waals surface area contributed by atoms with Crippen LogP contribution in [0.5, 0.6) is 0 Å². The summed E-state index contributed by atoms with van der Waals surface area (Å²) < 4.78 is 26.2. The van der Waals surface area contributed by atoms with Crippen LogP contribution in [0.1, 0.15) is 19.8 Å². The fourth-order valence-corrected chi connectivity index (χ4v) is 2.43. The Bertz CT molecular complexity index is 263. The number of phosphoric ester groups is 1. The SMILES string of the molecule is [B]C1C[C@@H](OP(=O)(O)OCCCO)C(C)O1. The van der Waals surface area contributed by atoms with E-state index in [4.69, 9.17) is 22.2 Å². The van der Waals surface area contributed by atoms with Gasteiger partial charge in [0.1, 0.15) is 7.85 Å². The van der Waals surface area contributed by atoms with Gasteiger partial charge in [0.15, 0.2) is 0 Å². The molecule has 0 aromatic heterocycles. The van der Waals surface area contributed by atoms with Crippen molar-refractivity contribution in [2.24, 2.45) is 0 Å². The van der Waals surface area contributed by atoms with Crippen molar-refractivity contribution >= 4 is 15.7 Å². The van der Waals surface area contributed by atoms with E-state index < -0.39 is 19.9 Å². The molecule has 8 heteroatoms. The van der Waals surface area contributed by atoms with Crippen LogP contribution in [0.25, 0.3) is 0 Å². The standard InChI is InChI=1S/C8H16BO6P/c1-6-7(5-8(9)14-6)15-16(11,12)13-4-2-3-10/h6-8,10H,2-5H2,1H3,(H,11,12)/t6?,7-,8?/m1/s1. The zero-order chi connectivity index (χ0) is 12.2. The average molecular weight is 250 g/mol. The van der Waals surface area contributed by atoms with Gasteiger partial charge in [0.05, 0.1) is 18.8 Å². The third-order valence-corrected chi connectivity index (χ3v) is 3.25. The van der Waals surface area contributed by atoms with Crippen molar-refractivity contribution in [3.05, 3.63) is 0 Å². The molecule has 16 heavy (non-hydrogen) atoms. The Hall–Kier alpha value is 0.0949. The highest BCUT2D eigenvalue weighted by Crippen LogP contribution is 2.47. The molecule has 1 rings (SSSR count). The second-order valence-electron chi connectivity index (χ2n) is 3.64. The van der Waals surface area contributed by atoms with Gasteiger partial charge in [-0.2, -0.15) is 0 Å². The Kier molecular flexibility index (Phi) is 5.44. The molecule has 0 aliphatic carbocycles. The van der Waals surface area contributed by atoms with E-state index in [9.17, 15) is 9.46 Å². The molecule has 0 saturated carbocycles. The Morgan fingerprint density at radius 2 is 2.31 bits per heavy atom. The number of aliphatic hydroxyl groups is 1. The molecule has 1 saturated heterocycles. The lowest BCUT2D eigenvalue weighted by molar-refractivity contribution is 0.0342. The summed E-state index contributed by atoms with van der Waals surface area (Å²) in [4.78, 5) is 9.34. The molecule has 0 aromatic rings. The molecule has 6 nitrogen and oxygen atoms in total. The number of hydrogen-bond acceptors (Lipinski definition) is 5. The van der Waals surface area contributed by atoms with Crippen LogP contribution in [0, 0.1) is 0 Å². The first-order chi connectivity index (χ1) is 7.44. The smallest absolute Gasteiger partial charge is 0.396 e. The van der Waals surface area contributed by atoms with Crippen molar-refractivity contribution < 1.29 is 28.3 Å². The summed E-state index contributed by atoms with van der Waals surface area (Å²) in [6.45, 7) is 1.58. The Morgan fingerprint density at radius 3 is 2.81 bits per heavy atom. The van der Waals surface area contributed by atoms with Gasteiger partial charge in [-0.15, -0.1) is 0 Å². The van der Waals surface area contributed by atoms with Gasteiger partial charge in [-0.1, -0.05) is 0 Å². The van der Waals surface area contributed by atoms with Crippen molar-refractivity contribution in [1.82, 2.24) is 0 Å². The molecule has 4 atom stereocenters. The molecule has 1 aliphatic rings. The quantitative estimate of drug-likeness (QED) is 0.397. The maximum atomic E-state index is 11.4. The first-order valence-electron chi connectivity index (χ1n) is 5.12. The minimum Gasteiger partial charge on any atom is -0.396 e. The van der Waals surface area contributed by atoms with Crippen molar-refractivity contribution in [3.63, 3.8) is 0 Å². The summed E-state index contributed by atoms with van der Waals surface area (Å²) in [7, 11) is 1.43. The van der Waals surface area contributed by atoms with Crippen molar-refractivity contribution in [2.45, 2.75) is 38.0 Å². The maximum Gasteiger partial charge on any atom is 0.472 e. The van der Waals surface area contributed by atoms with Gasteiger partial charge in [-0.3, -0.25) is 9.05 Å². The molecule has 92 valence electrons. The third-order valence-electron chi connectivity index (χ3n) is 2.20. The van der Waals surface area contributed by atoms with Gasteiger partial charge < -0.3 is 14.7 Å². The maximum absolute atomic E-state index is 11.4. The van der Waals surface area contributed by atoms with Crippen molar-refractivity contribution in [1.29, 1.82) is 0 Å². The summed E-state index contributed by atoms with van der Waals surface area (Å²) >= 11 is 0. The molecular formula is C8H16BO6P. The van der Waals surface area contributed by atoms with Gasteiger partial charge in [-0.05, 0) is 19.8 Å². The number of hydrogen-bond donors (Lipinski definition) is 2. The Balaban J connectivity index is 2.37. The zero-order valence-corrected chi connectivity index (χ0v) is 10.0. The van der Waals surface area contributed by atoms with E-state index in [2.05, 4.69) is 4.52 Å². The highest BCUT2D eigenvalue weighted by molar-refractivity contribution is 7.47. The van der Waals surface area contributed by atoms with E-state index in [0.717, 1.165) is 0 Å². The average Bonchev–Trinajstić information content (AvgIpc) is 2.44. The highest BCUT2D eigenvalue weighted by atomic mass is 31.2. The number of ether oxygens (including phenoxy) is 1. The molecule has 0 aromatic carbocycles. The first kappa shape index (κ1) is 14.2. The second-order valence-corrected chi connectivity index (χ2v) is 5.04. The van der Waals surface area contributed by atoms with E-state index >= 15 is 0 Å². The lowest BCUT2D eigenvalue weighted by Crippen LogP contribution is -2.20. The molecule has 0 bridgehead atoms. The van der Waals surface area contributed by atoms with Gasteiger partial charge in [0.2, 0.25) is 0 Å². The largest absolute Gasteiger partial charge is 0.472 e. The van der Waals surface area contributed by atoms with Gasteiger partial charge in [0.25, 0.3) is 0 Å². The molecule has 0 spiro atoms. The lowest BCUT2D eigenvalue weighted by Gasteiger charge is -2.18. The van der Waals surface area contributed by atoms with Crippen LogP contribution in [0.2, 0.25) is 0 Å². The van der Waals surface area contributed by atoms with Crippen molar-refractivity contribution in [3.8, 4) is 0 Å². The van der Waals surface area contributed by atoms with Crippen molar-refractivity contribution in [2.75, 3.05) is 13.2 Å². The predicted molar refractivity (Wildman–Crippen MR) is 57.1 cm³/mol. The molecule has 3 unspecified atom stereocenters. The molecule has 1 fully saturated rings. The Labute approximate surface area is 95.9 Å². The van der Waals surface area contributed by atoms with Gasteiger partial charge >= 0.3 is 7.82 Å². The minimum atomic E-state index is -4.08. The van der Waals surface area contributed by atoms with Crippen LogP contribution >= 0.6 is 7.82 Å². The van der Waals surface area contributed by atoms with E-state index in [0.29, 0.717) is 6.42 Å². The predicted octanol–water partition coefficient (Wildman–Crippen LogP) is 0.174. The normalized spacial score (nSPS) is 33.8. The van der Waals surface area contributed by atoms with E-state index in [-0.39, 0.29) is 25.7 Å². The van der Waals surface area contributed by atoms with Crippen LogP contribution in [0.15, 0.2) is 0 Å². The van der Waals surface area contributed by atoms with Gasteiger partial charge in [0, 0.05) is 12.6 Å². The van der Waals surface area contributed by atoms with Crippen LogP contribution in [0.3, 0.4) is 0 Å². The van der Waals surface area contributed by atoms with Crippen LogP contribution in [-0.2, 0) is 18.3 Å². The molecule has 2 N–H and O–H groups in total. The summed E-state index contributed by atoms with van der Waals surface area (Å²) in [5.41, 5.74) is 0. The van der Waals surface area contributed by atoms with Crippen LogP contribution in [-0.4, -0.2) is 49.3 Å². The number of rotatable bonds is 6. The van der Waals surface area contributed by atoms with Gasteiger partial charge in [-0.25, -0.2) is 4.57 Å². The van der Waals surface area contributed by atoms with E-state index in [1.807, 2.05) is 0 Å². The summed E-state index contributed by atoms with van der Waals surface area (Å²) in [5, 5.41) is 8.50. The topological polar surface area (TPSA) is 85.2 Å². The van der Waals surface area contributed by atoms with Crippen LogP contribution < -0.4 is 0 Å². The first-order valence-corrected chi connectivity index (χ1v) is 6.62. The minimum absolute atomic E-state index is 0.0295.